The molecule has 11 nitrogen and oxygen atoms in total. The van der Waals surface area contributed by atoms with Crippen molar-refractivity contribution in [2.45, 2.75) is 50.3 Å². The third-order valence-electron chi connectivity index (χ3n) is 6.46. The maximum absolute atomic E-state index is 12.9. The van der Waals surface area contributed by atoms with E-state index in [-0.39, 0.29) is 11.4 Å². The van der Waals surface area contributed by atoms with E-state index in [9.17, 15) is 21.6 Å². The monoisotopic (exact) mass is 657 g/mol. The SMILES string of the molecule is Cc1cc(N2CCC(Nc3nc4ccc(S(=O)(=O)NCc5ccc(Cl)nc5C)cc4s3)CC2)ncn1.O=C(O)C(F)(F)F. The normalized spacial score (nSPS) is 14.3. The van der Waals surface area contributed by atoms with E-state index in [1.54, 1.807) is 43.6 Å². The Morgan fingerprint density at radius 3 is 2.44 bits per heavy atom. The van der Waals surface area contributed by atoms with Crippen molar-refractivity contribution in [2.24, 2.45) is 0 Å². The van der Waals surface area contributed by atoms with Crippen molar-refractivity contribution in [3.8, 4) is 0 Å². The average molecular weight is 658 g/mol. The number of nitrogens with one attached hydrogen (secondary N) is 2. The number of nitrogens with zero attached hydrogens (tertiary/aromatic N) is 5. The summed E-state index contributed by atoms with van der Waals surface area (Å²) in [6, 6.07) is 10.7. The molecule has 0 amide bonds. The lowest BCUT2D eigenvalue weighted by Crippen LogP contribution is -2.39. The highest BCUT2D eigenvalue weighted by molar-refractivity contribution is 7.89. The van der Waals surface area contributed by atoms with Gasteiger partial charge in [0, 0.05) is 43.1 Å². The molecule has 0 unspecified atom stereocenters. The molecule has 230 valence electrons. The molecule has 3 aromatic heterocycles. The molecule has 0 atom stereocenters. The van der Waals surface area contributed by atoms with E-state index >= 15 is 0 Å². The van der Waals surface area contributed by atoms with Gasteiger partial charge < -0.3 is 15.3 Å². The minimum absolute atomic E-state index is 0.138. The number of aliphatic carboxylic acids is 1. The van der Waals surface area contributed by atoms with Gasteiger partial charge in [-0.15, -0.1) is 0 Å². The Bertz CT molecular complexity index is 1710. The summed E-state index contributed by atoms with van der Waals surface area (Å²) >= 11 is 7.36. The highest BCUT2D eigenvalue weighted by atomic mass is 35.5. The summed E-state index contributed by atoms with van der Waals surface area (Å²) in [6.45, 7) is 5.70. The van der Waals surface area contributed by atoms with Gasteiger partial charge in [0.05, 0.1) is 15.1 Å². The highest BCUT2D eigenvalue weighted by Gasteiger charge is 2.38. The zero-order valence-corrected chi connectivity index (χ0v) is 25.3. The van der Waals surface area contributed by atoms with Gasteiger partial charge in [0.25, 0.3) is 0 Å². The molecule has 1 aromatic carbocycles. The molecule has 0 saturated carbocycles. The topological polar surface area (TPSA) is 150 Å². The first-order valence-corrected chi connectivity index (χ1v) is 15.5. The van der Waals surface area contributed by atoms with Crippen LogP contribution in [0, 0.1) is 13.8 Å². The minimum atomic E-state index is -5.08. The second-order valence-electron chi connectivity index (χ2n) is 9.58. The van der Waals surface area contributed by atoms with Crippen LogP contribution in [0.2, 0.25) is 5.15 Å². The van der Waals surface area contributed by atoms with Gasteiger partial charge in [0.1, 0.15) is 17.3 Å². The number of aryl methyl sites for hydroxylation is 2. The van der Waals surface area contributed by atoms with Crippen LogP contribution in [-0.2, 0) is 21.4 Å². The molecule has 43 heavy (non-hydrogen) atoms. The standard InChI is InChI=1S/C24H26ClN7O2S2.C2HF3O2/c1-15-11-23(27-14-26-15)32-9-7-18(8-10-32)30-24-31-20-5-4-19(12-21(20)35-24)36(33,34)28-13-17-3-6-22(25)29-16(17)2;3-2(4,5)1(6)7/h3-6,11-12,14,18,28H,7-10,13H2,1-2H3,(H,30,31);(H,6,7). The number of sulfonamides is 1. The second kappa shape index (κ2) is 13.4. The molecule has 17 heteroatoms. The first-order chi connectivity index (χ1) is 20.2. The van der Waals surface area contributed by atoms with Crippen molar-refractivity contribution in [2.75, 3.05) is 23.3 Å². The first kappa shape index (κ1) is 32.3. The Balaban J connectivity index is 0.000000541. The van der Waals surface area contributed by atoms with Crippen LogP contribution in [-0.4, -0.2) is 64.7 Å². The lowest BCUT2D eigenvalue weighted by molar-refractivity contribution is -0.192. The van der Waals surface area contributed by atoms with Crippen LogP contribution in [0.1, 0.15) is 29.8 Å². The van der Waals surface area contributed by atoms with Crippen LogP contribution in [0.25, 0.3) is 10.2 Å². The number of halogens is 4. The van der Waals surface area contributed by atoms with E-state index in [1.807, 2.05) is 13.0 Å². The van der Waals surface area contributed by atoms with E-state index in [1.165, 1.54) is 11.3 Å². The molecule has 0 radical (unpaired) electrons. The minimum Gasteiger partial charge on any atom is -0.475 e. The fraction of sp³-hybridized carbons (Fsp3) is 0.346. The number of rotatable bonds is 7. The van der Waals surface area contributed by atoms with E-state index < -0.39 is 22.2 Å². The fourth-order valence-corrected chi connectivity index (χ4v) is 6.46. The number of alkyl halides is 3. The Morgan fingerprint density at radius 2 is 1.81 bits per heavy atom. The van der Waals surface area contributed by atoms with Gasteiger partial charge >= 0.3 is 12.1 Å². The number of hydrogen-bond donors (Lipinski definition) is 3. The number of carbonyl (C=O) groups is 1. The van der Waals surface area contributed by atoms with Crippen molar-refractivity contribution < 1.29 is 31.5 Å². The number of hydrogen-bond acceptors (Lipinski definition) is 10. The molecule has 1 fully saturated rings. The van der Waals surface area contributed by atoms with E-state index in [4.69, 9.17) is 21.5 Å². The van der Waals surface area contributed by atoms with Gasteiger partial charge in [-0.1, -0.05) is 29.0 Å². The molecule has 0 spiro atoms. The number of thiazole rings is 1. The van der Waals surface area contributed by atoms with Gasteiger partial charge in [0.15, 0.2) is 5.13 Å². The number of carboxylic acids is 1. The Labute approximate surface area is 254 Å². The van der Waals surface area contributed by atoms with E-state index in [0.717, 1.165) is 58.4 Å². The maximum Gasteiger partial charge on any atom is 0.490 e. The third kappa shape index (κ3) is 8.72. The lowest BCUT2D eigenvalue weighted by Gasteiger charge is -2.33. The van der Waals surface area contributed by atoms with Crippen molar-refractivity contribution in [3.05, 3.63) is 64.8 Å². The molecule has 4 heterocycles. The second-order valence-corrected chi connectivity index (χ2v) is 12.8. The number of fused-ring (bicyclic) bond motifs is 1. The number of aromatic nitrogens is 4. The lowest BCUT2D eigenvalue weighted by atomic mass is 10.1. The van der Waals surface area contributed by atoms with Crippen molar-refractivity contribution in [1.82, 2.24) is 24.7 Å². The van der Waals surface area contributed by atoms with E-state index in [2.05, 4.69) is 34.9 Å². The average Bonchev–Trinajstić information content (AvgIpc) is 3.34. The smallest absolute Gasteiger partial charge is 0.475 e. The maximum atomic E-state index is 12.9. The Hall–Kier alpha value is -3.60. The molecule has 5 rings (SSSR count). The fourth-order valence-electron chi connectivity index (χ4n) is 4.18. The highest BCUT2D eigenvalue weighted by Crippen LogP contribution is 2.30. The molecule has 0 aliphatic carbocycles. The van der Waals surface area contributed by atoms with Crippen LogP contribution in [0.15, 0.2) is 47.6 Å². The van der Waals surface area contributed by atoms with Crippen LogP contribution in [0.3, 0.4) is 0 Å². The zero-order valence-electron chi connectivity index (χ0n) is 22.9. The number of carboxylic acid groups (broad SMARTS) is 1. The summed E-state index contributed by atoms with van der Waals surface area (Å²) < 4.78 is 61.0. The van der Waals surface area contributed by atoms with Crippen LogP contribution in [0.5, 0.6) is 0 Å². The predicted molar refractivity (Wildman–Crippen MR) is 157 cm³/mol. The zero-order chi connectivity index (χ0) is 31.4. The van der Waals surface area contributed by atoms with Crippen LogP contribution in [0.4, 0.5) is 24.1 Å². The number of benzene rings is 1. The number of piperidine rings is 1. The molecular formula is C26H27ClF3N7O4S2. The van der Waals surface area contributed by atoms with Crippen molar-refractivity contribution in [3.63, 3.8) is 0 Å². The van der Waals surface area contributed by atoms with Gasteiger partial charge in [0.2, 0.25) is 10.0 Å². The predicted octanol–water partition coefficient (Wildman–Crippen LogP) is 4.94. The first-order valence-electron chi connectivity index (χ1n) is 12.8. The summed E-state index contributed by atoms with van der Waals surface area (Å²) in [4.78, 5) is 28.8. The summed E-state index contributed by atoms with van der Waals surface area (Å²) in [6.07, 6.45) is -1.56. The summed E-state index contributed by atoms with van der Waals surface area (Å²) in [5.74, 6) is -1.79. The van der Waals surface area contributed by atoms with Gasteiger partial charge in [-0.05, 0) is 56.5 Å². The molecule has 3 N–H and O–H groups in total. The van der Waals surface area contributed by atoms with Gasteiger partial charge in [-0.25, -0.2) is 37.9 Å². The van der Waals surface area contributed by atoms with Crippen LogP contribution < -0.4 is 14.9 Å². The third-order valence-corrected chi connectivity index (χ3v) is 9.02. The molecule has 4 aromatic rings. The Morgan fingerprint density at radius 1 is 1.12 bits per heavy atom. The number of anilines is 2. The molecule has 1 saturated heterocycles. The van der Waals surface area contributed by atoms with Gasteiger partial charge in [-0.3, -0.25) is 0 Å². The summed E-state index contributed by atoms with van der Waals surface area (Å²) in [5, 5.41) is 11.8. The van der Waals surface area contributed by atoms with Crippen molar-refractivity contribution in [1.29, 1.82) is 0 Å². The van der Waals surface area contributed by atoms with Crippen LogP contribution >= 0.6 is 22.9 Å². The largest absolute Gasteiger partial charge is 0.490 e. The molecule has 0 bridgehead atoms. The molecule has 1 aliphatic rings. The summed E-state index contributed by atoms with van der Waals surface area (Å²) in [7, 11) is -3.70. The quantitative estimate of drug-likeness (QED) is 0.233. The van der Waals surface area contributed by atoms with Crippen molar-refractivity contribution >= 4 is 60.1 Å². The number of pyridine rings is 1. The summed E-state index contributed by atoms with van der Waals surface area (Å²) in [5.41, 5.74) is 3.20. The Kier molecular flexibility index (Phi) is 10.0. The molecular weight excluding hydrogens is 631 g/mol. The van der Waals surface area contributed by atoms with Gasteiger partial charge in [-0.2, -0.15) is 13.2 Å². The van der Waals surface area contributed by atoms with E-state index in [0.29, 0.717) is 16.9 Å². The molecule has 1 aliphatic heterocycles.